The smallest absolute Gasteiger partial charge is 0.257 e. The van der Waals surface area contributed by atoms with Crippen LogP contribution in [-0.2, 0) is 5.41 Å². The van der Waals surface area contributed by atoms with Crippen molar-refractivity contribution in [1.29, 1.82) is 0 Å². The molecule has 1 aromatic carbocycles. The molecule has 4 nitrogen and oxygen atoms in total. The Balaban J connectivity index is 2.30. The Morgan fingerprint density at radius 1 is 1.32 bits per heavy atom. The number of benzene rings is 1. The molecule has 0 saturated carbocycles. The van der Waals surface area contributed by atoms with Gasteiger partial charge in [-0.3, -0.25) is 10.1 Å². The Morgan fingerprint density at radius 3 is 2.58 bits per heavy atom. The zero-order chi connectivity index (χ0) is 14.0. The van der Waals surface area contributed by atoms with Gasteiger partial charge in [-0.15, -0.1) is 0 Å². The van der Waals surface area contributed by atoms with E-state index in [4.69, 9.17) is 0 Å². The first-order valence-corrected chi connectivity index (χ1v) is 7.39. The molecule has 2 aromatic rings. The Morgan fingerprint density at radius 2 is 2.00 bits per heavy atom. The van der Waals surface area contributed by atoms with Crippen molar-refractivity contribution in [3.8, 4) is 0 Å². The quantitative estimate of drug-likeness (QED) is 0.617. The van der Waals surface area contributed by atoms with Crippen molar-refractivity contribution in [3.63, 3.8) is 0 Å². The van der Waals surface area contributed by atoms with Crippen molar-refractivity contribution in [2.24, 2.45) is 0 Å². The molecule has 0 aliphatic carbocycles. The van der Waals surface area contributed by atoms with Gasteiger partial charge in [0.25, 0.3) is 0 Å². The second-order valence-electron chi connectivity index (χ2n) is 5.07. The number of nitrogens with zero attached hydrogens (tertiary/aromatic N) is 2. The highest BCUT2D eigenvalue weighted by Crippen LogP contribution is 2.39. The number of hydrogen-bond donors (Lipinski definition) is 0. The van der Waals surface area contributed by atoms with E-state index in [0.717, 1.165) is 16.2 Å². The fourth-order valence-electron chi connectivity index (χ4n) is 1.65. The lowest BCUT2D eigenvalue weighted by molar-refractivity contribution is -0.380. The first-order chi connectivity index (χ1) is 8.88. The molecule has 0 amide bonds. The van der Waals surface area contributed by atoms with E-state index in [2.05, 4.69) is 31.8 Å². The lowest BCUT2D eigenvalue weighted by Gasteiger charge is -2.21. The van der Waals surface area contributed by atoms with Crippen LogP contribution in [0, 0.1) is 10.1 Å². The second kappa shape index (κ2) is 5.30. The van der Waals surface area contributed by atoms with Gasteiger partial charge >= 0.3 is 5.00 Å². The highest BCUT2D eigenvalue weighted by atomic mass is 32.2. The Kier molecular flexibility index (Phi) is 3.91. The van der Waals surface area contributed by atoms with Crippen molar-refractivity contribution in [2.75, 3.05) is 0 Å². The van der Waals surface area contributed by atoms with Gasteiger partial charge in [-0.2, -0.15) is 0 Å². The minimum absolute atomic E-state index is 0.0345. The maximum Gasteiger partial charge on any atom is 0.344 e. The molecular weight excluding hydrogens is 280 g/mol. The summed E-state index contributed by atoms with van der Waals surface area (Å²) in [4.78, 5) is 15.4. The molecule has 0 saturated heterocycles. The predicted molar refractivity (Wildman–Crippen MR) is 78.0 cm³/mol. The van der Waals surface area contributed by atoms with E-state index in [1.54, 1.807) is 0 Å². The van der Waals surface area contributed by atoms with E-state index < -0.39 is 4.92 Å². The summed E-state index contributed by atoms with van der Waals surface area (Å²) in [6.45, 7) is 6.45. The average molecular weight is 294 g/mol. The molecule has 0 bridgehead atoms. The van der Waals surface area contributed by atoms with Crippen LogP contribution in [0.25, 0.3) is 0 Å². The molecule has 0 radical (unpaired) electrons. The van der Waals surface area contributed by atoms with E-state index in [1.165, 1.54) is 23.5 Å². The molecule has 0 N–H and O–H groups in total. The van der Waals surface area contributed by atoms with Crippen LogP contribution in [0.2, 0.25) is 0 Å². The number of rotatable bonds is 3. The summed E-state index contributed by atoms with van der Waals surface area (Å²) < 4.78 is 0.698. The maximum atomic E-state index is 10.7. The van der Waals surface area contributed by atoms with Crippen LogP contribution in [0.5, 0.6) is 0 Å². The summed E-state index contributed by atoms with van der Waals surface area (Å²) in [5, 5.41) is 10.7. The van der Waals surface area contributed by atoms with Gasteiger partial charge in [0.2, 0.25) is 0 Å². The Labute approximate surface area is 120 Å². The lowest BCUT2D eigenvalue weighted by Crippen LogP contribution is -2.12. The average Bonchev–Trinajstić information content (AvgIpc) is 2.77. The van der Waals surface area contributed by atoms with E-state index in [-0.39, 0.29) is 10.4 Å². The molecule has 0 spiro atoms. The SMILES string of the molecule is CC(C)(C)c1ccccc1Sc1ncc([N+](=O)[O-])s1. The van der Waals surface area contributed by atoms with Crippen molar-refractivity contribution in [2.45, 2.75) is 35.4 Å². The molecular formula is C13H14N2O2S2. The van der Waals surface area contributed by atoms with Gasteiger partial charge in [0, 0.05) is 4.90 Å². The molecule has 0 unspecified atom stereocenters. The molecule has 6 heteroatoms. The monoisotopic (exact) mass is 294 g/mol. The molecule has 100 valence electrons. The maximum absolute atomic E-state index is 10.7. The Hall–Kier alpha value is -1.40. The van der Waals surface area contributed by atoms with Crippen LogP contribution in [0.15, 0.2) is 39.7 Å². The third-order valence-corrected chi connectivity index (χ3v) is 4.64. The molecule has 1 heterocycles. The third kappa shape index (κ3) is 3.33. The molecule has 0 aliphatic rings. The summed E-state index contributed by atoms with van der Waals surface area (Å²) >= 11 is 2.59. The lowest BCUT2D eigenvalue weighted by atomic mass is 9.87. The summed E-state index contributed by atoms with van der Waals surface area (Å²) in [7, 11) is 0. The molecule has 0 atom stereocenters. The van der Waals surface area contributed by atoms with Crippen molar-refractivity contribution in [3.05, 3.63) is 46.1 Å². The number of thiazole rings is 1. The minimum atomic E-state index is -0.405. The fraction of sp³-hybridized carbons (Fsp3) is 0.308. The van der Waals surface area contributed by atoms with Crippen LogP contribution < -0.4 is 0 Å². The molecule has 19 heavy (non-hydrogen) atoms. The summed E-state index contributed by atoms with van der Waals surface area (Å²) in [5.41, 5.74) is 1.25. The highest BCUT2D eigenvalue weighted by Gasteiger charge is 2.19. The van der Waals surface area contributed by atoms with E-state index >= 15 is 0 Å². The van der Waals surface area contributed by atoms with Gasteiger partial charge in [0.05, 0.1) is 4.92 Å². The van der Waals surface area contributed by atoms with Gasteiger partial charge in [0.15, 0.2) is 4.34 Å². The molecule has 0 aliphatic heterocycles. The molecule has 0 fully saturated rings. The predicted octanol–water partition coefficient (Wildman–Crippen LogP) is 4.50. The van der Waals surface area contributed by atoms with Crippen molar-refractivity contribution in [1.82, 2.24) is 4.98 Å². The van der Waals surface area contributed by atoms with Crippen LogP contribution in [-0.4, -0.2) is 9.91 Å². The fourth-order valence-corrected chi connectivity index (χ4v) is 3.73. The summed E-state index contributed by atoms with van der Waals surface area (Å²) in [6, 6.07) is 8.09. The van der Waals surface area contributed by atoms with Crippen LogP contribution in [0.1, 0.15) is 26.3 Å². The number of hydrogen-bond acceptors (Lipinski definition) is 5. The first kappa shape index (κ1) is 14.0. The Bertz CT molecular complexity index is 603. The largest absolute Gasteiger partial charge is 0.344 e. The zero-order valence-electron chi connectivity index (χ0n) is 10.9. The number of aromatic nitrogens is 1. The van der Waals surface area contributed by atoms with Gasteiger partial charge in [-0.05, 0) is 28.4 Å². The second-order valence-corrected chi connectivity index (χ2v) is 7.37. The van der Waals surface area contributed by atoms with Gasteiger partial charge < -0.3 is 0 Å². The van der Waals surface area contributed by atoms with E-state index in [1.807, 2.05) is 18.2 Å². The van der Waals surface area contributed by atoms with E-state index in [0.29, 0.717) is 4.34 Å². The van der Waals surface area contributed by atoms with Crippen LogP contribution in [0.4, 0.5) is 5.00 Å². The first-order valence-electron chi connectivity index (χ1n) is 5.75. The topological polar surface area (TPSA) is 56.0 Å². The standard InChI is InChI=1S/C13H14N2O2S2/c1-13(2,3)9-6-4-5-7-10(9)18-12-14-8-11(19-12)15(16)17/h4-8H,1-3H3. The highest BCUT2D eigenvalue weighted by molar-refractivity contribution is 8.01. The van der Waals surface area contributed by atoms with Crippen LogP contribution >= 0.6 is 23.1 Å². The molecule has 1 aromatic heterocycles. The number of nitro groups is 1. The summed E-state index contributed by atoms with van der Waals surface area (Å²) in [5.74, 6) is 0. The minimum Gasteiger partial charge on any atom is -0.257 e. The molecule has 2 rings (SSSR count). The zero-order valence-corrected chi connectivity index (χ0v) is 12.5. The van der Waals surface area contributed by atoms with Gasteiger partial charge in [0.1, 0.15) is 6.20 Å². The van der Waals surface area contributed by atoms with Crippen LogP contribution in [0.3, 0.4) is 0 Å². The van der Waals surface area contributed by atoms with Gasteiger partial charge in [-0.1, -0.05) is 50.7 Å². The van der Waals surface area contributed by atoms with Crippen molar-refractivity contribution >= 4 is 28.1 Å². The van der Waals surface area contributed by atoms with Crippen molar-refractivity contribution < 1.29 is 4.92 Å². The normalized spacial score (nSPS) is 11.5. The van der Waals surface area contributed by atoms with Gasteiger partial charge in [-0.25, -0.2) is 4.98 Å². The van der Waals surface area contributed by atoms with E-state index in [9.17, 15) is 10.1 Å². The summed E-state index contributed by atoms with van der Waals surface area (Å²) in [6.07, 6.45) is 1.31. The third-order valence-electron chi connectivity index (χ3n) is 2.54.